The van der Waals surface area contributed by atoms with Crippen LogP contribution >= 0.6 is 15.9 Å². The van der Waals surface area contributed by atoms with E-state index < -0.39 is 0 Å². The SMILES string of the molecule is CC1CCC(N)(Cc2ccccc2Br)C(C)C1. The minimum atomic E-state index is -0.0175. The Morgan fingerprint density at radius 1 is 1.35 bits per heavy atom. The first-order valence-electron chi connectivity index (χ1n) is 6.53. The van der Waals surface area contributed by atoms with Crippen LogP contribution in [0.15, 0.2) is 28.7 Å². The summed E-state index contributed by atoms with van der Waals surface area (Å²) in [5, 5.41) is 0. The number of rotatable bonds is 2. The van der Waals surface area contributed by atoms with E-state index >= 15 is 0 Å². The molecule has 1 saturated carbocycles. The Balaban J connectivity index is 2.15. The third-order valence-electron chi connectivity index (χ3n) is 4.32. The Bertz CT molecular complexity index is 390. The molecule has 0 amide bonds. The molecule has 1 aromatic carbocycles. The molecular formula is C15H22BrN. The Hall–Kier alpha value is -0.340. The van der Waals surface area contributed by atoms with Crippen molar-refractivity contribution < 1.29 is 0 Å². The summed E-state index contributed by atoms with van der Waals surface area (Å²) in [6, 6.07) is 8.45. The molecule has 1 aliphatic rings. The van der Waals surface area contributed by atoms with Crippen molar-refractivity contribution in [1.82, 2.24) is 0 Å². The largest absolute Gasteiger partial charge is 0.325 e. The van der Waals surface area contributed by atoms with Crippen LogP contribution in [0.25, 0.3) is 0 Å². The van der Waals surface area contributed by atoms with E-state index in [9.17, 15) is 0 Å². The van der Waals surface area contributed by atoms with Crippen molar-refractivity contribution in [3.63, 3.8) is 0 Å². The molecular weight excluding hydrogens is 274 g/mol. The first kappa shape index (κ1) is 13.1. The van der Waals surface area contributed by atoms with Gasteiger partial charge in [-0.1, -0.05) is 48.0 Å². The van der Waals surface area contributed by atoms with E-state index in [1.165, 1.54) is 22.9 Å². The standard InChI is InChI=1S/C15H22BrN/c1-11-7-8-15(17,12(2)9-11)10-13-5-3-4-6-14(13)16/h3-6,11-12H,7-10,17H2,1-2H3. The van der Waals surface area contributed by atoms with Crippen molar-refractivity contribution in [3.05, 3.63) is 34.3 Å². The van der Waals surface area contributed by atoms with Crippen molar-refractivity contribution in [1.29, 1.82) is 0 Å². The van der Waals surface area contributed by atoms with E-state index in [2.05, 4.69) is 54.0 Å². The zero-order valence-corrected chi connectivity index (χ0v) is 12.3. The topological polar surface area (TPSA) is 26.0 Å². The smallest absolute Gasteiger partial charge is 0.0221 e. The molecule has 3 unspecified atom stereocenters. The number of benzene rings is 1. The third-order valence-corrected chi connectivity index (χ3v) is 5.09. The lowest BCUT2D eigenvalue weighted by Crippen LogP contribution is -2.51. The molecule has 1 nitrogen and oxygen atoms in total. The Labute approximate surface area is 113 Å². The summed E-state index contributed by atoms with van der Waals surface area (Å²) in [4.78, 5) is 0. The fourth-order valence-corrected chi connectivity index (χ4v) is 3.40. The molecule has 0 aromatic heterocycles. The molecule has 17 heavy (non-hydrogen) atoms. The summed E-state index contributed by atoms with van der Waals surface area (Å²) in [7, 11) is 0. The highest BCUT2D eigenvalue weighted by Gasteiger charge is 2.36. The van der Waals surface area contributed by atoms with Gasteiger partial charge < -0.3 is 5.73 Å². The molecule has 0 bridgehead atoms. The molecule has 1 aliphatic carbocycles. The quantitative estimate of drug-likeness (QED) is 0.872. The van der Waals surface area contributed by atoms with Crippen molar-refractivity contribution in [2.45, 2.75) is 45.1 Å². The highest BCUT2D eigenvalue weighted by atomic mass is 79.9. The van der Waals surface area contributed by atoms with Crippen LogP contribution in [0.2, 0.25) is 0 Å². The lowest BCUT2D eigenvalue weighted by molar-refractivity contribution is 0.163. The Kier molecular flexibility index (Phi) is 3.94. The van der Waals surface area contributed by atoms with E-state index in [4.69, 9.17) is 5.73 Å². The van der Waals surface area contributed by atoms with Gasteiger partial charge in [0.25, 0.3) is 0 Å². The maximum Gasteiger partial charge on any atom is 0.0221 e. The second kappa shape index (κ2) is 5.11. The van der Waals surface area contributed by atoms with E-state index in [0.29, 0.717) is 5.92 Å². The van der Waals surface area contributed by atoms with Crippen molar-refractivity contribution in [3.8, 4) is 0 Å². The third kappa shape index (κ3) is 2.92. The van der Waals surface area contributed by atoms with Gasteiger partial charge in [-0.15, -0.1) is 0 Å². The van der Waals surface area contributed by atoms with Gasteiger partial charge in [0, 0.05) is 10.0 Å². The minimum absolute atomic E-state index is 0.0175. The van der Waals surface area contributed by atoms with Gasteiger partial charge in [-0.25, -0.2) is 0 Å². The van der Waals surface area contributed by atoms with Gasteiger partial charge in [0.15, 0.2) is 0 Å². The van der Waals surface area contributed by atoms with E-state index in [-0.39, 0.29) is 5.54 Å². The van der Waals surface area contributed by atoms with E-state index in [1.54, 1.807) is 0 Å². The van der Waals surface area contributed by atoms with E-state index in [1.807, 2.05) is 0 Å². The molecule has 0 spiro atoms. The lowest BCUT2D eigenvalue weighted by Gasteiger charge is -2.42. The van der Waals surface area contributed by atoms with Crippen molar-refractivity contribution in [2.75, 3.05) is 0 Å². The molecule has 3 atom stereocenters. The monoisotopic (exact) mass is 295 g/mol. The molecule has 2 rings (SSSR count). The second-order valence-corrected chi connectivity index (χ2v) is 6.64. The summed E-state index contributed by atoms with van der Waals surface area (Å²) in [6.45, 7) is 4.65. The fraction of sp³-hybridized carbons (Fsp3) is 0.600. The van der Waals surface area contributed by atoms with Crippen LogP contribution in [0.4, 0.5) is 0 Å². The Morgan fingerprint density at radius 3 is 2.71 bits per heavy atom. The summed E-state index contributed by atoms with van der Waals surface area (Å²) in [5.41, 5.74) is 7.97. The van der Waals surface area contributed by atoms with Crippen LogP contribution in [-0.4, -0.2) is 5.54 Å². The normalized spacial score (nSPS) is 33.6. The second-order valence-electron chi connectivity index (χ2n) is 5.78. The molecule has 1 fully saturated rings. The van der Waals surface area contributed by atoms with Gasteiger partial charge in [0.05, 0.1) is 0 Å². The van der Waals surface area contributed by atoms with Gasteiger partial charge in [-0.3, -0.25) is 0 Å². The average molecular weight is 296 g/mol. The number of hydrogen-bond acceptors (Lipinski definition) is 1. The van der Waals surface area contributed by atoms with Crippen LogP contribution in [-0.2, 0) is 6.42 Å². The van der Waals surface area contributed by atoms with Crippen LogP contribution < -0.4 is 5.73 Å². The van der Waals surface area contributed by atoms with Crippen molar-refractivity contribution >= 4 is 15.9 Å². The van der Waals surface area contributed by atoms with Gasteiger partial charge in [0.2, 0.25) is 0 Å². The molecule has 2 heteroatoms. The van der Waals surface area contributed by atoms with Gasteiger partial charge in [0.1, 0.15) is 0 Å². The predicted octanol–water partition coefficient (Wildman–Crippen LogP) is 4.15. The molecule has 0 heterocycles. The fourth-order valence-electron chi connectivity index (χ4n) is 2.98. The number of halogens is 1. The summed E-state index contributed by atoms with van der Waals surface area (Å²) < 4.78 is 1.19. The van der Waals surface area contributed by atoms with Crippen LogP contribution in [0, 0.1) is 11.8 Å². The first-order valence-corrected chi connectivity index (χ1v) is 7.33. The molecule has 0 radical (unpaired) electrons. The lowest BCUT2D eigenvalue weighted by atomic mass is 9.68. The average Bonchev–Trinajstić information content (AvgIpc) is 2.28. The maximum absolute atomic E-state index is 6.64. The number of hydrogen-bond donors (Lipinski definition) is 1. The van der Waals surface area contributed by atoms with Gasteiger partial charge in [-0.05, 0) is 49.1 Å². The zero-order chi connectivity index (χ0) is 12.5. The van der Waals surface area contributed by atoms with Crippen molar-refractivity contribution in [2.24, 2.45) is 17.6 Å². The molecule has 94 valence electrons. The van der Waals surface area contributed by atoms with Crippen LogP contribution in [0.1, 0.15) is 38.7 Å². The van der Waals surface area contributed by atoms with Crippen LogP contribution in [0.3, 0.4) is 0 Å². The van der Waals surface area contributed by atoms with E-state index in [0.717, 1.165) is 18.8 Å². The summed E-state index contributed by atoms with van der Waals surface area (Å²) in [6.07, 6.45) is 4.67. The summed E-state index contributed by atoms with van der Waals surface area (Å²) >= 11 is 3.62. The predicted molar refractivity (Wildman–Crippen MR) is 76.9 cm³/mol. The molecule has 0 saturated heterocycles. The summed E-state index contributed by atoms with van der Waals surface area (Å²) in [5.74, 6) is 1.44. The maximum atomic E-state index is 6.64. The van der Waals surface area contributed by atoms with Crippen LogP contribution in [0.5, 0.6) is 0 Å². The Morgan fingerprint density at radius 2 is 2.06 bits per heavy atom. The molecule has 2 N–H and O–H groups in total. The number of nitrogens with two attached hydrogens (primary N) is 1. The van der Waals surface area contributed by atoms with Gasteiger partial charge in [-0.2, -0.15) is 0 Å². The molecule has 0 aliphatic heterocycles. The highest BCUT2D eigenvalue weighted by Crippen LogP contribution is 2.38. The first-order chi connectivity index (χ1) is 8.01. The zero-order valence-electron chi connectivity index (χ0n) is 10.7. The highest BCUT2D eigenvalue weighted by molar-refractivity contribution is 9.10. The molecule has 1 aromatic rings. The minimum Gasteiger partial charge on any atom is -0.325 e. The van der Waals surface area contributed by atoms with Gasteiger partial charge >= 0.3 is 0 Å².